The number of carbonyl (C=O) groups is 1. The minimum Gasteiger partial charge on any atom is -0.352 e. The van der Waals surface area contributed by atoms with Gasteiger partial charge in [0.25, 0.3) is 0 Å². The molecule has 0 aromatic carbocycles. The Morgan fingerprint density at radius 2 is 2.05 bits per heavy atom. The molecule has 1 unspecified atom stereocenters. The van der Waals surface area contributed by atoms with E-state index in [1.807, 2.05) is 0 Å². The fourth-order valence-electron chi connectivity index (χ4n) is 3.63. The molecule has 6 nitrogen and oxygen atoms in total. The number of hydrogen-bond donors (Lipinski definition) is 2. The minimum atomic E-state index is -4.45. The summed E-state index contributed by atoms with van der Waals surface area (Å²) in [6.07, 6.45) is -2.30. The summed E-state index contributed by atoms with van der Waals surface area (Å²) >= 11 is 0. The van der Waals surface area contributed by atoms with Gasteiger partial charge in [0, 0.05) is 25.7 Å². The van der Waals surface area contributed by atoms with Crippen LogP contribution >= 0.6 is 0 Å². The quantitative estimate of drug-likeness (QED) is 0.872. The summed E-state index contributed by atoms with van der Waals surface area (Å²) < 4.78 is 36.8. The molecule has 2 fully saturated rings. The van der Waals surface area contributed by atoms with E-state index in [9.17, 15) is 18.0 Å². The number of fused-ring (bicyclic) bond motifs is 2. The molecule has 2 heterocycles. The van der Waals surface area contributed by atoms with E-state index in [-0.39, 0.29) is 17.9 Å². The van der Waals surface area contributed by atoms with Gasteiger partial charge in [-0.15, -0.1) is 0 Å². The first-order valence-corrected chi connectivity index (χ1v) is 7.34. The van der Waals surface area contributed by atoms with E-state index in [0.29, 0.717) is 6.54 Å². The molecule has 2 N–H and O–H groups in total. The number of halogens is 3. The van der Waals surface area contributed by atoms with Gasteiger partial charge >= 0.3 is 6.18 Å². The standard InChI is InChI=1S/C13H18F3N5O/c14-13(15,16)3-11(22)18-12-8-1-2-9(12)6-21(5-8)7-10-4-17-20-19-10/h4,8-9,12H,1-3,5-7H2,(H,18,22)(H,17,19,20)/t8-,9+,12?. The number of alkyl halides is 3. The highest BCUT2D eigenvalue weighted by Crippen LogP contribution is 2.37. The molecule has 22 heavy (non-hydrogen) atoms. The van der Waals surface area contributed by atoms with Crippen molar-refractivity contribution in [1.82, 2.24) is 25.6 Å². The molecule has 1 aromatic heterocycles. The Hall–Kier alpha value is -1.64. The molecule has 0 radical (unpaired) electrons. The lowest BCUT2D eigenvalue weighted by molar-refractivity contribution is -0.154. The third-order valence-corrected chi connectivity index (χ3v) is 4.45. The largest absolute Gasteiger partial charge is 0.397 e. The molecule has 3 rings (SSSR count). The number of piperidine rings is 1. The molecule has 1 aliphatic carbocycles. The lowest BCUT2D eigenvalue weighted by Crippen LogP contribution is -2.52. The van der Waals surface area contributed by atoms with E-state index in [1.165, 1.54) is 0 Å². The second-order valence-corrected chi connectivity index (χ2v) is 6.14. The van der Waals surface area contributed by atoms with Gasteiger partial charge in [-0.05, 0) is 24.7 Å². The monoisotopic (exact) mass is 317 g/mol. The number of aromatic amines is 1. The maximum Gasteiger partial charge on any atom is 0.397 e. The number of H-pyrrole nitrogens is 1. The summed E-state index contributed by atoms with van der Waals surface area (Å²) in [5.74, 6) is -0.495. The predicted molar refractivity (Wildman–Crippen MR) is 70.5 cm³/mol. The van der Waals surface area contributed by atoms with Gasteiger partial charge < -0.3 is 5.32 Å². The summed E-state index contributed by atoms with van der Waals surface area (Å²) in [6, 6.07) is -0.136. The lowest BCUT2D eigenvalue weighted by atomic mass is 9.92. The van der Waals surface area contributed by atoms with Crippen molar-refractivity contribution >= 4 is 5.91 Å². The SMILES string of the molecule is O=C(CC(F)(F)F)NC1[C@@H]2CC[C@H]1CN(Cc1cn[nH]n1)C2. The third-order valence-electron chi connectivity index (χ3n) is 4.45. The van der Waals surface area contributed by atoms with Crippen molar-refractivity contribution in [3.8, 4) is 0 Å². The Bertz CT molecular complexity index is 504. The van der Waals surface area contributed by atoms with Crippen LogP contribution in [0.15, 0.2) is 6.20 Å². The number of nitrogens with zero attached hydrogens (tertiary/aromatic N) is 3. The second kappa shape index (κ2) is 5.86. The highest BCUT2D eigenvalue weighted by atomic mass is 19.4. The Labute approximate surface area is 125 Å². The molecular formula is C13H18F3N5O. The normalized spacial score (nSPS) is 28.8. The van der Waals surface area contributed by atoms with Crippen LogP contribution in [0.5, 0.6) is 0 Å². The zero-order valence-corrected chi connectivity index (χ0v) is 11.9. The van der Waals surface area contributed by atoms with Crippen molar-refractivity contribution in [3.05, 3.63) is 11.9 Å². The number of hydrogen-bond acceptors (Lipinski definition) is 4. The Morgan fingerprint density at radius 1 is 1.36 bits per heavy atom. The van der Waals surface area contributed by atoms with Crippen LogP contribution in [0.2, 0.25) is 0 Å². The highest BCUT2D eigenvalue weighted by molar-refractivity contribution is 5.77. The summed E-state index contributed by atoms with van der Waals surface area (Å²) in [7, 11) is 0. The maximum absolute atomic E-state index is 12.3. The van der Waals surface area contributed by atoms with Crippen LogP contribution in [0, 0.1) is 11.8 Å². The molecule has 1 saturated heterocycles. The molecule has 1 amide bonds. The number of amides is 1. The van der Waals surface area contributed by atoms with Gasteiger partial charge in [-0.25, -0.2) is 0 Å². The Morgan fingerprint density at radius 3 is 2.59 bits per heavy atom. The van der Waals surface area contributed by atoms with E-state index in [2.05, 4.69) is 25.6 Å². The summed E-state index contributed by atoms with van der Waals surface area (Å²) in [5, 5.41) is 12.9. The zero-order valence-electron chi connectivity index (χ0n) is 11.9. The number of nitrogens with one attached hydrogen (secondary N) is 2. The highest BCUT2D eigenvalue weighted by Gasteiger charge is 2.43. The Kier molecular flexibility index (Phi) is 4.07. The van der Waals surface area contributed by atoms with Crippen LogP contribution in [0.1, 0.15) is 25.0 Å². The maximum atomic E-state index is 12.3. The molecule has 2 bridgehead atoms. The van der Waals surface area contributed by atoms with E-state index in [1.54, 1.807) is 6.20 Å². The van der Waals surface area contributed by atoms with Crippen molar-refractivity contribution in [2.75, 3.05) is 13.1 Å². The van der Waals surface area contributed by atoms with Gasteiger partial charge in [0.1, 0.15) is 6.42 Å². The van der Waals surface area contributed by atoms with Gasteiger partial charge in [0.15, 0.2) is 0 Å². The minimum absolute atomic E-state index is 0.136. The van der Waals surface area contributed by atoms with Crippen LogP contribution in [0.25, 0.3) is 0 Å². The summed E-state index contributed by atoms with van der Waals surface area (Å²) in [4.78, 5) is 13.7. The first kappa shape index (κ1) is 15.3. The van der Waals surface area contributed by atoms with Gasteiger partial charge in [-0.1, -0.05) is 0 Å². The van der Waals surface area contributed by atoms with E-state index in [4.69, 9.17) is 0 Å². The number of aromatic nitrogens is 3. The first-order valence-electron chi connectivity index (χ1n) is 7.34. The van der Waals surface area contributed by atoms with Crippen LogP contribution < -0.4 is 5.32 Å². The number of likely N-dealkylation sites (tertiary alicyclic amines) is 1. The first-order chi connectivity index (χ1) is 10.4. The molecule has 0 spiro atoms. The molecule has 1 saturated carbocycles. The average molecular weight is 317 g/mol. The van der Waals surface area contributed by atoms with Crippen LogP contribution in [0.3, 0.4) is 0 Å². The van der Waals surface area contributed by atoms with Crippen LogP contribution in [0.4, 0.5) is 13.2 Å². The summed E-state index contributed by atoms with van der Waals surface area (Å²) in [6.45, 7) is 2.20. The lowest BCUT2D eigenvalue weighted by Gasteiger charge is -2.38. The van der Waals surface area contributed by atoms with Crippen LogP contribution in [-0.4, -0.2) is 51.5 Å². The third kappa shape index (κ3) is 3.57. The molecule has 2 aliphatic rings. The number of carbonyl (C=O) groups excluding carboxylic acids is 1. The van der Waals surface area contributed by atoms with E-state index < -0.39 is 18.5 Å². The van der Waals surface area contributed by atoms with E-state index >= 15 is 0 Å². The molecule has 3 atom stereocenters. The molecule has 1 aliphatic heterocycles. The molecule has 1 aromatic rings. The summed E-state index contributed by atoms with van der Waals surface area (Å²) in [5.41, 5.74) is 0.846. The predicted octanol–water partition coefficient (Wildman–Crippen LogP) is 1.08. The van der Waals surface area contributed by atoms with Gasteiger partial charge in [-0.2, -0.15) is 28.6 Å². The van der Waals surface area contributed by atoms with Crippen molar-refractivity contribution in [2.45, 2.75) is 38.0 Å². The smallest absolute Gasteiger partial charge is 0.352 e. The second-order valence-electron chi connectivity index (χ2n) is 6.14. The molecular weight excluding hydrogens is 299 g/mol. The average Bonchev–Trinajstić information content (AvgIpc) is 2.95. The molecule has 9 heteroatoms. The van der Waals surface area contributed by atoms with Gasteiger partial charge in [-0.3, -0.25) is 9.69 Å². The fraction of sp³-hybridized carbons (Fsp3) is 0.769. The van der Waals surface area contributed by atoms with Crippen molar-refractivity contribution in [3.63, 3.8) is 0 Å². The zero-order chi connectivity index (χ0) is 15.7. The van der Waals surface area contributed by atoms with Gasteiger partial charge in [0.2, 0.25) is 5.91 Å². The fourth-order valence-corrected chi connectivity index (χ4v) is 3.63. The van der Waals surface area contributed by atoms with E-state index in [0.717, 1.165) is 31.6 Å². The van der Waals surface area contributed by atoms with Crippen molar-refractivity contribution in [1.29, 1.82) is 0 Å². The topological polar surface area (TPSA) is 73.9 Å². The number of rotatable bonds is 4. The van der Waals surface area contributed by atoms with Gasteiger partial charge in [0.05, 0.1) is 11.9 Å². The van der Waals surface area contributed by atoms with Crippen molar-refractivity contribution < 1.29 is 18.0 Å². The molecule has 122 valence electrons. The Balaban J connectivity index is 1.55. The van der Waals surface area contributed by atoms with Crippen LogP contribution in [-0.2, 0) is 11.3 Å². The van der Waals surface area contributed by atoms with Crippen molar-refractivity contribution in [2.24, 2.45) is 11.8 Å².